The molecule has 0 heterocycles. The molecule has 0 aromatic carbocycles. The number of rotatable bonds is 11. The monoisotopic (exact) mass is 282 g/mol. The van der Waals surface area contributed by atoms with Crippen LogP contribution in [0.4, 0.5) is 0 Å². The summed E-state index contributed by atoms with van der Waals surface area (Å²) in [6, 6.07) is -0.181. The fourth-order valence-electron chi connectivity index (χ4n) is 1.94. The van der Waals surface area contributed by atoms with Crippen molar-refractivity contribution in [3.05, 3.63) is 25.1 Å². The van der Waals surface area contributed by atoms with Crippen LogP contribution < -0.4 is 21.7 Å². The summed E-state index contributed by atoms with van der Waals surface area (Å²) in [4.78, 5) is 12.2. The van der Waals surface area contributed by atoms with E-state index in [2.05, 4.69) is 29.1 Å². The first kappa shape index (κ1) is 18.5. The second-order valence-corrected chi connectivity index (χ2v) is 5.22. The van der Waals surface area contributed by atoms with E-state index in [-0.39, 0.29) is 23.9 Å². The van der Waals surface area contributed by atoms with E-state index < -0.39 is 0 Å². The summed E-state index contributed by atoms with van der Waals surface area (Å²) < 4.78 is 0. The molecule has 0 radical (unpaired) electrons. The maximum Gasteiger partial charge on any atom is 0.237 e. The summed E-state index contributed by atoms with van der Waals surface area (Å²) in [5.74, 6) is 0.752. The van der Waals surface area contributed by atoms with Crippen molar-refractivity contribution in [1.82, 2.24) is 16.0 Å². The van der Waals surface area contributed by atoms with Gasteiger partial charge < -0.3 is 21.7 Å². The van der Waals surface area contributed by atoms with E-state index >= 15 is 0 Å². The predicted molar refractivity (Wildman–Crippen MR) is 85.0 cm³/mol. The summed E-state index contributed by atoms with van der Waals surface area (Å²) in [5.41, 5.74) is 5.43. The molecule has 1 amide bonds. The third kappa shape index (κ3) is 7.84. The molecule has 0 spiro atoms. The van der Waals surface area contributed by atoms with Crippen LogP contribution in [0.2, 0.25) is 0 Å². The average Bonchev–Trinajstić information content (AvgIpc) is 2.38. The molecule has 0 aliphatic carbocycles. The van der Waals surface area contributed by atoms with E-state index in [4.69, 9.17) is 5.73 Å². The molecule has 5 N–H and O–H groups in total. The van der Waals surface area contributed by atoms with Gasteiger partial charge in [-0.05, 0) is 25.3 Å². The van der Waals surface area contributed by atoms with E-state index in [0.29, 0.717) is 5.82 Å². The Morgan fingerprint density at radius 2 is 2.05 bits per heavy atom. The first-order chi connectivity index (χ1) is 9.42. The zero-order valence-electron chi connectivity index (χ0n) is 13.0. The summed E-state index contributed by atoms with van der Waals surface area (Å²) in [6.07, 6.45) is 3.49. The fourth-order valence-corrected chi connectivity index (χ4v) is 1.94. The molecule has 116 valence electrons. The Kier molecular flexibility index (Phi) is 9.55. The highest BCUT2D eigenvalue weighted by Gasteiger charge is 2.22. The molecular formula is C15H30N4O. The van der Waals surface area contributed by atoms with Crippen molar-refractivity contribution in [2.24, 2.45) is 11.7 Å². The second-order valence-electron chi connectivity index (χ2n) is 5.22. The normalized spacial score (nSPS) is 13.6. The number of carbonyl (C=O) groups is 1. The van der Waals surface area contributed by atoms with Crippen LogP contribution in [0.3, 0.4) is 0 Å². The lowest BCUT2D eigenvalue weighted by Crippen LogP contribution is -2.50. The molecule has 0 aromatic rings. The molecule has 5 heteroatoms. The predicted octanol–water partition coefficient (Wildman–Crippen LogP) is 1.09. The van der Waals surface area contributed by atoms with Crippen LogP contribution >= 0.6 is 0 Å². The summed E-state index contributed by atoms with van der Waals surface area (Å²) in [5, 5.41) is 9.19. The van der Waals surface area contributed by atoms with Gasteiger partial charge in [0.2, 0.25) is 5.91 Å². The Bertz CT molecular complexity index is 315. The lowest BCUT2D eigenvalue weighted by molar-refractivity contribution is -0.124. The number of nitrogens with one attached hydrogen (secondary N) is 3. The summed E-state index contributed by atoms with van der Waals surface area (Å²) in [7, 11) is 0. The van der Waals surface area contributed by atoms with Crippen molar-refractivity contribution >= 4 is 5.91 Å². The third-order valence-corrected chi connectivity index (χ3v) is 3.03. The number of amides is 1. The standard InChI is InChI=1S/C15H30N4O/c1-6-13(9-8-10-18-12(5)16)19-15(20)14(11(3)4)17-7-2/h6,11,13-14,17-18H,1,5,7-10,16H2,2-4H3,(H,19,20). The molecule has 0 bridgehead atoms. The Morgan fingerprint density at radius 1 is 1.40 bits per heavy atom. The number of nitrogens with two attached hydrogens (primary N) is 1. The highest BCUT2D eigenvalue weighted by molar-refractivity contribution is 5.82. The molecule has 0 aliphatic heterocycles. The van der Waals surface area contributed by atoms with Crippen LogP contribution in [-0.4, -0.2) is 31.1 Å². The van der Waals surface area contributed by atoms with Crippen LogP contribution in [0.25, 0.3) is 0 Å². The number of hydrogen-bond donors (Lipinski definition) is 4. The fraction of sp³-hybridized carbons (Fsp3) is 0.667. The molecular weight excluding hydrogens is 252 g/mol. The van der Waals surface area contributed by atoms with Crippen molar-refractivity contribution < 1.29 is 4.79 Å². The van der Waals surface area contributed by atoms with E-state index in [1.807, 2.05) is 20.8 Å². The van der Waals surface area contributed by atoms with Gasteiger partial charge in [0.15, 0.2) is 0 Å². The molecule has 20 heavy (non-hydrogen) atoms. The molecule has 2 unspecified atom stereocenters. The Labute approximate surface area is 123 Å². The van der Waals surface area contributed by atoms with Gasteiger partial charge in [-0.25, -0.2) is 0 Å². The highest BCUT2D eigenvalue weighted by Crippen LogP contribution is 2.04. The summed E-state index contributed by atoms with van der Waals surface area (Å²) >= 11 is 0. The molecule has 0 fully saturated rings. The largest absolute Gasteiger partial charge is 0.386 e. The minimum absolute atomic E-state index is 0.0183. The van der Waals surface area contributed by atoms with Crippen LogP contribution in [0.1, 0.15) is 33.6 Å². The van der Waals surface area contributed by atoms with E-state index in [0.717, 1.165) is 25.9 Å². The molecule has 0 aromatic heterocycles. The number of likely N-dealkylation sites (N-methyl/N-ethyl adjacent to an activating group) is 1. The van der Waals surface area contributed by atoms with Crippen LogP contribution in [-0.2, 0) is 4.79 Å². The van der Waals surface area contributed by atoms with Gasteiger partial charge in [0.25, 0.3) is 0 Å². The van der Waals surface area contributed by atoms with Gasteiger partial charge >= 0.3 is 0 Å². The average molecular weight is 282 g/mol. The van der Waals surface area contributed by atoms with Crippen molar-refractivity contribution in [3.63, 3.8) is 0 Å². The molecule has 0 rings (SSSR count). The van der Waals surface area contributed by atoms with Crippen molar-refractivity contribution in [2.45, 2.75) is 45.7 Å². The summed E-state index contributed by atoms with van der Waals surface area (Å²) in [6.45, 7) is 14.9. The highest BCUT2D eigenvalue weighted by atomic mass is 16.2. The SMILES string of the molecule is C=CC(CCCNC(=C)N)NC(=O)C(NCC)C(C)C. The third-order valence-electron chi connectivity index (χ3n) is 3.03. The topological polar surface area (TPSA) is 79.2 Å². The van der Waals surface area contributed by atoms with Crippen molar-refractivity contribution in [3.8, 4) is 0 Å². The number of hydrogen-bond acceptors (Lipinski definition) is 4. The number of carbonyl (C=O) groups excluding carboxylic acids is 1. The van der Waals surface area contributed by atoms with Crippen LogP contribution in [0.15, 0.2) is 25.1 Å². The quantitative estimate of drug-likeness (QED) is 0.338. The minimum Gasteiger partial charge on any atom is -0.386 e. The minimum atomic E-state index is -0.163. The first-order valence-corrected chi connectivity index (χ1v) is 7.26. The first-order valence-electron chi connectivity index (χ1n) is 7.26. The maximum absolute atomic E-state index is 12.2. The zero-order chi connectivity index (χ0) is 15.5. The molecule has 0 saturated heterocycles. The van der Waals surface area contributed by atoms with Crippen molar-refractivity contribution in [2.75, 3.05) is 13.1 Å². The smallest absolute Gasteiger partial charge is 0.237 e. The van der Waals surface area contributed by atoms with Crippen LogP contribution in [0, 0.1) is 5.92 Å². The molecule has 0 aliphatic rings. The van der Waals surface area contributed by atoms with E-state index in [1.54, 1.807) is 6.08 Å². The molecule has 5 nitrogen and oxygen atoms in total. The Morgan fingerprint density at radius 3 is 2.50 bits per heavy atom. The lowest BCUT2D eigenvalue weighted by Gasteiger charge is -2.24. The lowest BCUT2D eigenvalue weighted by atomic mass is 10.0. The van der Waals surface area contributed by atoms with Gasteiger partial charge in [-0.2, -0.15) is 0 Å². The van der Waals surface area contributed by atoms with Gasteiger partial charge in [-0.3, -0.25) is 4.79 Å². The van der Waals surface area contributed by atoms with E-state index in [9.17, 15) is 4.79 Å². The Hall–Kier alpha value is -1.49. The maximum atomic E-state index is 12.2. The zero-order valence-corrected chi connectivity index (χ0v) is 13.0. The van der Waals surface area contributed by atoms with Gasteiger partial charge in [0.05, 0.1) is 11.9 Å². The molecule has 2 atom stereocenters. The van der Waals surface area contributed by atoms with Crippen molar-refractivity contribution in [1.29, 1.82) is 0 Å². The molecule has 0 saturated carbocycles. The van der Waals surface area contributed by atoms with Gasteiger partial charge in [-0.15, -0.1) is 6.58 Å². The Balaban J connectivity index is 4.22. The van der Waals surface area contributed by atoms with Gasteiger partial charge in [-0.1, -0.05) is 33.4 Å². The van der Waals surface area contributed by atoms with E-state index in [1.165, 1.54) is 0 Å². The van der Waals surface area contributed by atoms with Crippen LogP contribution in [0.5, 0.6) is 0 Å². The van der Waals surface area contributed by atoms with Gasteiger partial charge in [0, 0.05) is 12.6 Å². The van der Waals surface area contributed by atoms with Gasteiger partial charge in [0.1, 0.15) is 0 Å². The second kappa shape index (κ2) is 10.3.